The van der Waals surface area contributed by atoms with Crippen LogP contribution in [0.15, 0.2) is 0 Å². The summed E-state index contributed by atoms with van der Waals surface area (Å²) in [6.45, 7) is 4.60. The molecule has 2 atom stereocenters. The summed E-state index contributed by atoms with van der Waals surface area (Å²) in [5.74, 6) is 0. The lowest BCUT2D eigenvalue weighted by molar-refractivity contribution is 0.0507. The molecular weight excluding hydrogens is 224 g/mol. The Morgan fingerprint density at radius 3 is 2.60 bits per heavy atom. The van der Waals surface area contributed by atoms with Crippen LogP contribution in [-0.4, -0.2) is 31.0 Å². The Labute approximate surface area is 89.6 Å². The molecule has 1 N–H and O–H groups in total. The molecule has 0 bridgehead atoms. The van der Waals surface area contributed by atoms with Crippen molar-refractivity contribution in [3.05, 3.63) is 0 Å². The standard InChI is InChI=1S/C8H15FNO4P/c1-8(2,3)14-7(11)10-4-6(9)5-13-15-12/h6,15H,4-5H2,1-3H3/p+1/t6-/m1/s1. The van der Waals surface area contributed by atoms with Crippen LogP contribution in [-0.2, 0) is 13.8 Å². The number of carbonyl (C=O) groups excluding carboxylic acids is 1. The van der Waals surface area contributed by atoms with Gasteiger partial charge < -0.3 is 10.1 Å². The summed E-state index contributed by atoms with van der Waals surface area (Å²) in [6, 6.07) is 0. The van der Waals surface area contributed by atoms with E-state index in [1.165, 1.54) is 0 Å². The molecule has 0 aromatic rings. The molecule has 15 heavy (non-hydrogen) atoms. The second-order valence-corrected chi connectivity index (χ2v) is 4.33. The Morgan fingerprint density at radius 1 is 1.53 bits per heavy atom. The third kappa shape index (κ3) is 9.56. The molecule has 0 saturated heterocycles. The van der Waals surface area contributed by atoms with E-state index in [2.05, 4.69) is 9.84 Å². The molecule has 0 aliphatic rings. The number of carbonyl (C=O) groups is 1. The SMILES string of the molecule is CC(C)(C)OC(=O)NC[C@@H](F)CO[PH+]=O. The van der Waals surface area contributed by atoms with Crippen LogP contribution in [0.3, 0.4) is 0 Å². The molecule has 7 heteroatoms. The number of hydrogen-bond donors (Lipinski definition) is 1. The smallest absolute Gasteiger partial charge is 0.444 e. The first kappa shape index (κ1) is 14.3. The van der Waals surface area contributed by atoms with Crippen molar-refractivity contribution >= 4 is 14.8 Å². The van der Waals surface area contributed by atoms with Crippen LogP contribution in [0.4, 0.5) is 9.18 Å². The maximum absolute atomic E-state index is 12.9. The van der Waals surface area contributed by atoms with Gasteiger partial charge in [-0.15, -0.1) is 4.52 Å². The summed E-state index contributed by atoms with van der Waals surface area (Å²) < 4.78 is 31.9. The lowest BCUT2D eigenvalue weighted by Crippen LogP contribution is -2.36. The van der Waals surface area contributed by atoms with Crippen LogP contribution in [0.25, 0.3) is 0 Å². The van der Waals surface area contributed by atoms with Crippen molar-refractivity contribution in [1.82, 2.24) is 5.32 Å². The minimum Gasteiger partial charge on any atom is -0.444 e. The maximum atomic E-state index is 12.9. The van der Waals surface area contributed by atoms with Gasteiger partial charge in [0.15, 0.2) is 0 Å². The first-order chi connectivity index (χ1) is 6.85. The number of ether oxygens (including phenoxy) is 1. The van der Waals surface area contributed by atoms with Crippen LogP contribution in [0.1, 0.15) is 20.8 Å². The minimum atomic E-state index is -1.39. The molecule has 5 nitrogen and oxygen atoms in total. The lowest BCUT2D eigenvalue weighted by Gasteiger charge is -2.19. The van der Waals surface area contributed by atoms with Crippen molar-refractivity contribution in [2.45, 2.75) is 32.5 Å². The van der Waals surface area contributed by atoms with Gasteiger partial charge in [-0.25, -0.2) is 9.18 Å². The van der Waals surface area contributed by atoms with E-state index in [0.717, 1.165) is 0 Å². The predicted octanol–water partition coefficient (Wildman–Crippen LogP) is 1.80. The third-order valence-corrected chi connectivity index (χ3v) is 1.47. The number of hydrogen-bond acceptors (Lipinski definition) is 4. The van der Waals surface area contributed by atoms with Crippen LogP contribution in [0.2, 0.25) is 0 Å². The van der Waals surface area contributed by atoms with E-state index >= 15 is 0 Å². The van der Waals surface area contributed by atoms with E-state index in [1.807, 2.05) is 0 Å². The number of alkyl halides is 1. The molecule has 1 unspecified atom stereocenters. The van der Waals surface area contributed by atoms with Gasteiger partial charge in [0.2, 0.25) is 0 Å². The number of amides is 1. The number of rotatable bonds is 5. The number of nitrogens with one attached hydrogen (secondary N) is 1. The highest BCUT2D eigenvalue weighted by Gasteiger charge is 2.17. The Morgan fingerprint density at radius 2 is 2.13 bits per heavy atom. The van der Waals surface area contributed by atoms with Crippen molar-refractivity contribution in [1.29, 1.82) is 0 Å². The van der Waals surface area contributed by atoms with Crippen LogP contribution >= 0.6 is 8.69 Å². The van der Waals surface area contributed by atoms with Crippen molar-refractivity contribution < 1.29 is 23.0 Å². The van der Waals surface area contributed by atoms with Crippen LogP contribution in [0, 0.1) is 0 Å². The summed E-state index contributed by atoms with van der Waals surface area (Å²) >= 11 is 0. The molecule has 0 rings (SSSR count). The predicted molar refractivity (Wildman–Crippen MR) is 54.1 cm³/mol. The average Bonchev–Trinajstić information content (AvgIpc) is 2.08. The summed E-state index contributed by atoms with van der Waals surface area (Å²) in [6.07, 6.45) is -2.08. The molecule has 0 aliphatic carbocycles. The maximum Gasteiger partial charge on any atom is 0.494 e. The fourth-order valence-electron chi connectivity index (χ4n) is 0.692. The highest BCUT2D eigenvalue weighted by molar-refractivity contribution is 7.17. The fraction of sp³-hybridized carbons (Fsp3) is 0.875. The van der Waals surface area contributed by atoms with E-state index in [1.54, 1.807) is 20.8 Å². The van der Waals surface area contributed by atoms with Crippen molar-refractivity contribution in [3.63, 3.8) is 0 Å². The van der Waals surface area contributed by atoms with Gasteiger partial charge in [0.25, 0.3) is 0 Å². The summed E-state index contributed by atoms with van der Waals surface area (Å²) in [4.78, 5) is 11.0. The van der Waals surface area contributed by atoms with Crippen LogP contribution in [0.5, 0.6) is 0 Å². The molecule has 0 radical (unpaired) electrons. The Balaban J connectivity index is 3.66. The highest BCUT2D eigenvalue weighted by Crippen LogP contribution is 2.06. The minimum absolute atomic E-state index is 0.223. The van der Waals surface area contributed by atoms with Gasteiger partial charge >= 0.3 is 14.8 Å². The topological polar surface area (TPSA) is 64.6 Å². The van der Waals surface area contributed by atoms with Gasteiger partial charge in [0, 0.05) is 0 Å². The number of halogens is 1. The van der Waals surface area contributed by atoms with Gasteiger partial charge in [-0.2, -0.15) is 0 Å². The molecule has 1 amide bonds. The van der Waals surface area contributed by atoms with Crippen molar-refractivity contribution in [2.24, 2.45) is 0 Å². The molecular formula is C8H16FNO4P+. The largest absolute Gasteiger partial charge is 0.494 e. The molecule has 0 fully saturated rings. The van der Waals surface area contributed by atoms with Crippen molar-refractivity contribution in [3.8, 4) is 0 Å². The average molecular weight is 240 g/mol. The highest BCUT2D eigenvalue weighted by atomic mass is 31.1. The van der Waals surface area contributed by atoms with Gasteiger partial charge in [0.1, 0.15) is 18.4 Å². The zero-order chi connectivity index (χ0) is 11.9. The first-order valence-corrected chi connectivity index (χ1v) is 5.26. The lowest BCUT2D eigenvalue weighted by atomic mass is 10.2. The zero-order valence-electron chi connectivity index (χ0n) is 9.00. The molecule has 0 aliphatic heterocycles. The van der Waals surface area contributed by atoms with Crippen LogP contribution < -0.4 is 5.32 Å². The zero-order valence-corrected chi connectivity index (χ0v) is 10.0. The van der Waals surface area contributed by atoms with Gasteiger partial charge in [-0.1, -0.05) is 0 Å². The number of alkyl carbamates (subject to hydrolysis) is 1. The summed E-state index contributed by atoms with van der Waals surface area (Å²) in [5, 5.41) is 2.23. The molecule has 0 heterocycles. The molecule has 0 aromatic carbocycles. The fourth-order valence-corrected chi connectivity index (χ4v) is 0.941. The second kappa shape index (κ2) is 6.69. The second-order valence-electron chi connectivity index (χ2n) is 3.87. The Kier molecular flexibility index (Phi) is 6.36. The Hall–Kier alpha value is -0.740. The molecule has 0 saturated carbocycles. The molecule has 88 valence electrons. The summed E-state index contributed by atoms with van der Waals surface area (Å²) in [5.41, 5.74) is -0.608. The first-order valence-electron chi connectivity index (χ1n) is 4.45. The van der Waals surface area contributed by atoms with E-state index in [-0.39, 0.29) is 13.2 Å². The molecule has 0 spiro atoms. The van der Waals surface area contributed by atoms with E-state index in [9.17, 15) is 13.8 Å². The normalized spacial score (nSPS) is 13.6. The third-order valence-electron chi connectivity index (χ3n) is 1.19. The Bertz CT molecular complexity index is 219. The van der Waals surface area contributed by atoms with Gasteiger partial charge in [0.05, 0.1) is 6.54 Å². The summed E-state index contributed by atoms with van der Waals surface area (Å²) in [7, 11) is -0.993. The van der Waals surface area contributed by atoms with E-state index in [4.69, 9.17) is 4.74 Å². The van der Waals surface area contributed by atoms with E-state index < -0.39 is 26.6 Å². The molecule has 0 aromatic heterocycles. The van der Waals surface area contributed by atoms with E-state index in [0.29, 0.717) is 0 Å². The van der Waals surface area contributed by atoms with Gasteiger partial charge in [-0.3, -0.25) is 0 Å². The quantitative estimate of drug-likeness (QED) is 0.744. The van der Waals surface area contributed by atoms with Gasteiger partial charge in [-0.05, 0) is 25.3 Å². The van der Waals surface area contributed by atoms with Crippen molar-refractivity contribution in [2.75, 3.05) is 13.2 Å². The monoisotopic (exact) mass is 240 g/mol.